The van der Waals surface area contributed by atoms with Gasteiger partial charge in [0.15, 0.2) is 5.16 Å². The minimum absolute atomic E-state index is 0.0343. The van der Waals surface area contributed by atoms with E-state index in [2.05, 4.69) is 15.5 Å². The molecule has 33 heavy (non-hydrogen) atoms. The number of ether oxygens (including phenoxy) is 2. The molecule has 10 heteroatoms. The molecule has 0 fully saturated rings. The Labute approximate surface area is 195 Å². The molecule has 2 aromatic carbocycles. The summed E-state index contributed by atoms with van der Waals surface area (Å²) < 4.78 is 11.4. The first-order chi connectivity index (χ1) is 16.0. The Balaban J connectivity index is 1.71. The second kappa shape index (κ2) is 11.3. The zero-order valence-corrected chi connectivity index (χ0v) is 19.3. The van der Waals surface area contributed by atoms with Crippen LogP contribution in [0.1, 0.15) is 39.0 Å². The van der Waals surface area contributed by atoms with Crippen molar-refractivity contribution in [2.24, 2.45) is 0 Å². The predicted molar refractivity (Wildman–Crippen MR) is 123 cm³/mol. The largest absolute Gasteiger partial charge is 0.465 e. The van der Waals surface area contributed by atoms with Crippen molar-refractivity contribution in [3.63, 3.8) is 0 Å². The van der Waals surface area contributed by atoms with E-state index in [9.17, 15) is 14.4 Å². The molecule has 0 unspecified atom stereocenters. The average Bonchev–Trinajstić information content (AvgIpc) is 3.23. The summed E-state index contributed by atoms with van der Waals surface area (Å²) in [4.78, 5) is 36.5. The molecule has 9 nitrogen and oxygen atoms in total. The van der Waals surface area contributed by atoms with Crippen molar-refractivity contribution in [3.8, 4) is 0 Å². The van der Waals surface area contributed by atoms with Gasteiger partial charge < -0.3 is 19.4 Å². The van der Waals surface area contributed by atoms with Crippen LogP contribution in [0.25, 0.3) is 0 Å². The number of thioether (sulfide) groups is 1. The molecule has 0 saturated heterocycles. The van der Waals surface area contributed by atoms with Gasteiger partial charge in [-0.3, -0.25) is 4.79 Å². The Morgan fingerprint density at radius 1 is 1.00 bits per heavy atom. The third-order valence-corrected chi connectivity index (χ3v) is 5.73. The topological polar surface area (TPSA) is 112 Å². The monoisotopic (exact) mass is 468 g/mol. The predicted octanol–water partition coefficient (Wildman–Crippen LogP) is 3.19. The van der Waals surface area contributed by atoms with Crippen LogP contribution in [0.2, 0.25) is 0 Å². The fourth-order valence-corrected chi connectivity index (χ4v) is 3.97. The number of hydrogen-bond acceptors (Lipinski definition) is 8. The number of carbonyl (C=O) groups is 3. The number of nitrogens with zero attached hydrogens (tertiary/aromatic N) is 3. The molecular formula is C23H24N4O5S. The number of anilines is 1. The summed E-state index contributed by atoms with van der Waals surface area (Å²) in [5.74, 6) is -0.747. The SMILES string of the molecule is CCn1c(Cc2ccccc2)nnc1SCC(=O)Nc1cc(C(=O)OC)ccc1C(=O)OC. The Kier molecular flexibility index (Phi) is 8.20. The van der Waals surface area contributed by atoms with Gasteiger partial charge in [-0.05, 0) is 30.7 Å². The van der Waals surface area contributed by atoms with Gasteiger partial charge in [-0.1, -0.05) is 42.1 Å². The summed E-state index contributed by atoms with van der Waals surface area (Å²) in [6.07, 6.45) is 0.636. The van der Waals surface area contributed by atoms with E-state index in [-0.39, 0.29) is 28.5 Å². The third kappa shape index (κ3) is 5.98. The molecule has 0 aliphatic rings. The fraction of sp³-hybridized carbons (Fsp3) is 0.261. The van der Waals surface area contributed by atoms with E-state index in [0.717, 1.165) is 11.4 Å². The van der Waals surface area contributed by atoms with E-state index in [1.165, 1.54) is 44.2 Å². The molecule has 172 valence electrons. The zero-order chi connectivity index (χ0) is 23.8. The van der Waals surface area contributed by atoms with Crippen molar-refractivity contribution >= 4 is 35.3 Å². The zero-order valence-electron chi connectivity index (χ0n) is 18.5. The number of hydrogen-bond donors (Lipinski definition) is 1. The van der Waals surface area contributed by atoms with Crippen LogP contribution in [0, 0.1) is 0 Å². The van der Waals surface area contributed by atoms with Crippen LogP contribution in [-0.4, -0.2) is 52.6 Å². The molecule has 1 N–H and O–H groups in total. The first-order valence-corrected chi connectivity index (χ1v) is 11.1. The first-order valence-electron chi connectivity index (χ1n) is 10.2. The van der Waals surface area contributed by atoms with Crippen LogP contribution in [0.3, 0.4) is 0 Å². The lowest BCUT2D eigenvalue weighted by Gasteiger charge is -2.11. The third-order valence-electron chi connectivity index (χ3n) is 4.77. The molecule has 1 amide bonds. The molecule has 0 atom stereocenters. The molecule has 1 aromatic heterocycles. The Bertz CT molecular complexity index is 1150. The van der Waals surface area contributed by atoms with Gasteiger partial charge >= 0.3 is 11.9 Å². The van der Waals surface area contributed by atoms with Crippen molar-refractivity contribution in [3.05, 3.63) is 71.0 Å². The average molecular weight is 469 g/mol. The number of carbonyl (C=O) groups excluding carboxylic acids is 3. The molecule has 3 aromatic rings. The maximum Gasteiger partial charge on any atom is 0.339 e. The summed E-state index contributed by atoms with van der Waals surface area (Å²) in [6.45, 7) is 2.65. The second-order valence-corrected chi connectivity index (χ2v) is 7.83. The molecule has 0 spiro atoms. The van der Waals surface area contributed by atoms with Gasteiger partial charge in [0.05, 0.1) is 36.8 Å². The van der Waals surface area contributed by atoms with Crippen LogP contribution < -0.4 is 5.32 Å². The number of methoxy groups -OCH3 is 2. The van der Waals surface area contributed by atoms with E-state index in [1.807, 2.05) is 41.8 Å². The van der Waals surface area contributed by atoms with Crippen molar-refractivity contribution in [1.82, 2.24) is 14.8 Å². The summed E-state index contributed by atoms with van der Waals surface area (Å²) in [7, 11) is 2.49. The van der Waals surface area contributed by atoms with Gasteiger partial charge in [0.1, 0.15) is 5.82 Å². The molecule has 3 rings (SSSR count). The van der Waals surface area contributed by atoms with E-state index >= 15 is 0 Å². The van der Waals surface area contributed by atoms with Crippen LogP contribution in [0.5, 0.6) is 0 Å². The molecular weight excluding hydrogens is 444 g/mol. The fourth-order valence-electron chi connectivity index (χ4n) is 3.15. The first kappa shape index (κ1) is 24.0. The summed E-state index contributed by atoms with van der Waals surface area (Å²) in [6, 6.07) is 14.2. The molecule has 1 heterocycles. The van der Waals surface area contributed by atoms with Crippen LogP contribution >= 0.6 is 11.8 Å². The minimum atomic E-state index is -0.634. The lowest BCUT2D eigenvalue weighted by molar-refractivity contribution is -0.113. The maximum atomic E-state index is 12.6. The van der Waals surface area contributed by atoms with Gasteiger partial charge in [0.2, 0.25) is 5.91 Å². The lowest BCUT2D eigenvalue weighted by Crippen LogP contribution is -2.18. The number of aromatic nitrogens is 3. The minimum Gasteiger partial charge on any atom is -0.465 e. The number of nitrogens with one attached hydrogen (secondary N) is 1. The lowest BCUT2D eigenvalue weighted by atomic mass is 10.1. The molecule has 0 aliphatic heterocycles. The highest BCUT2D eigenvalue weighted by Gasteiger charge is 2.19. The number of amides is 1. The number of esters is 2. The summed E-state index contributed by atoms with van der Waals surface area (Å²) in [5, 5.41) is 11.8. The van der Waals surface area contributed by atoms with Gasteiger partial charge in [-0.15, -0.1) is 10.2 Å². The highest BCUT2D eigenvalue weighted by Crippen LogP contribution is 2.22. The van der Waals surface area contributed by atoms with Crippen molar-refractivity contribution in [1.29, 1.82) is 0 Å². The van der Waals surface area contributed by atoms with Crippen LogP contribution in [0.15, 0.2) is 53.7 Å². The smallest absolute Gasteiger partial charge is 0.339 e. The Morgan fingerprint density at radius 3 is 2.39 bits per heavy atom. The maximum absolute atomic E-state index is 12.6. The summed E-state index contributed by atoms with van der Waals surface area (Å²) >= 11 is 1.23. The molecule has 0 saturated carbocycles. The molecule has 0 aliphatic carbocycles. The Hall–Kier alpha value is -3.66. The highest BCUT2D eigenvalue weighted by molar-refractivity contribution is 7.99. The van der Waals surface area contributed by atoms with Crippen molar-refractivity contribution in [2.75, 3.05) is 25.3 Å². The van der Waals surface area contributed by atoms with Gasteiger partial charge in [-0.25, -0.2) is 9.59 Å². The normalized spacial score (nSPS) is 10.5. The standard InChI is InChI=1S/C23H24N4O5S/c1-4-27-19(12-15-8-6-5-7-9-15)25-26-23(27)33-14-20(28)24-18-13-16(21(29)31-2)10-11-17(18)22(30)32-3/h5-11,13H,4,12,14H2,1-3H3,(H,24,28). The van der Waals surface area contributed by atoms with Crippen LogP contribution in [-0.2, 0) is 27.2 Å². The quantitative estimate of drug-likeness (QED) is 0.376. The van der Waals surface area contributed by atoms with Crippen LogP contribution in [0.4, 0.5) is 5.69 Å². The highest BCUT2D eigenvalue weighted by atomic mass is 32.2. The Morgan fingerprint density at radius 2 is 1.73 bits per heavy atom. The summed E-state index contributed by atoms with van der Waals surface area (Å²) in [5.41, 5.74) is 1.61. The van der Waals surface area contributed by atoms with Gasteiger partial charge in [-0.2, -0.15) is 0 Å². The van der Waals surface area contributed by atoms with E-state index < -0.39 is 11.9 Å². The number of rotatable bonds is 9. The molecule has 0 radical (unpaired) electrons. The van der Waals surface area contributed by atoms with E-state index in [4.69, 9.17) is 9.47 Å². The number of benzene rings is 2. The van der Waals surface area contributed by atoms with Crippen molar-refractivity contribution in [2.45, 2.75) is 25.0 Å². The van der Waals surface area contributed by atoms with Crippen molar-refractivity contribution < 1.29 is 23.9 Å². The van der Waals surface area contributed by atoms with E-state index in [0.29, 0.717) is 18.1 Å². The van der Waals surface area contributed by atoms with Gasteiger partial charge in [0, 0.05) is 13.0 Å². The van der Waals surface area contributed by atoms with E-state index in [1.54, 1.807) is 0 Å². The van der Waals surface area contributed by atoms with Gasteiger partial charge in [0.25, 0.3) is 0 Å². The second-order valence-electron chi connectivity index (χ2n) is 6.89. The molecule has 0 bridgehead atoms.